The number of benzene rings is 2. The highest BCUT2D eigenvalue weighted by atomic mass is 16.1. The maximum atomic E-state index is 12.9. The zero-order valence-electron chi connectivity index (χ0n) is 18.7. The zero-order chi connectivity index (χ0) is 22.4. The van der Waals surface area contributed by atoms with Crippen LogP contribution in [0.2, 0.25) is 0 Å². The van der Waals surface area contributed by atoms with Crippen LogP contribution in [0.15, 0.2) is 41.2 Å². The number of nitrogens with one attached hydrogen (secondary N) is 3. The van der Waals surface area contributed by atoms with E-state index in [4.69, 9.17) is 5.73 Å². The van der Waals surface area contributed by atoms with E-state index >= 15 is 0 Å². The Hall–Kier alpha value is -3.52. The molecule has 4 aromatic rings. The topological polar surface area (TPSA) is 106 Å². The molecule has 8 heteroatoms. The van der Waals surface area contributed by atoms with E-state index in [9.17, 15) is 4.79 Å². The minimum atomic E-state index is -0.257. The molecule has 0 spiro atoms. The second kappa shape index (κ2) is 7.87. The van der Waals surface area contributed by atoms with Gasteiger partial charge in [0.05, 0.1) is 22.2 Å². The molecule has 5 rings (SSSR count). The van der Waals surface area contributed by atoms with Crippen molar-refractivity contribution in [1.29, 1.82) is 0 Å². The fraction of sp³-hybridized carbons (Fsp3) is 0.333. The third-order valence-electron chi connectivity index (χ3n) is 6.46. The molecule has 0 bridgehead atoms. The molecule has 0 radical (unpaired) electrons. The van der Waals surface area contributed by atoms with Gasteiger partial charge in [-0.05, 0) is 44.2 Å². The number of aromatic amines is 2. The normalized spacial score (nSPS) is 15.2. The van der Waals surface area contributed by atoms with Crippen LogP contribution in [-0.2, 0) is 0 Å². The molecule has 32 heavy (non-hydrogen) atoms. The quantitative estimate of drug-likeness (QED) is 0.395. The van der Waals surface area contributed by atoms with E-state index in [0.717, 1.165) is 54.0 Å². The van der Waals surface area contributed by atoms with E-state index in [0.29, 0.717) is 28.6 Å². The summed E-state index contributed by atoms with van der Waals surface area (Å²) in [5, 5.41) is 3.93. The molecule has 0 aliphatic carbocycles. The Bertz CT molecular complexity index is 1350. The van der Waals surface area contributed by atoms with Crippen LogP contribution in [0.4, 0.5) is 17.1 Å². The van der Waals surface area contributed by atoms with Crippen LogP contribution in [0.1, 0.15) is 13.8 Å². The highest BCUT2D eigenvalue weighted by Gasteiger charge is 2.21. The smallest absolute Gasteiger partial charge is 0.261 e. The fourth-order valence-corrected chi connectivity index (χ4v) is 4.63. The van der Waals surface area contributed by atoms with Gasteiger partial charge in [-0.1, -0.05) is 6.07 Å². The first-order valence-electron chi connectivity index (χ1n) is 11.1. The predicted molar refractivity (Wildman–Crippen MR) is 133 cm³/mol. The van der Waals surface area contributed by atoms with Crippen LogP contribution in [0, 0.1) is 0 Å². The van der Waals surface area contributed by atoms with Gasteiger partial charge in [-0.3, -0.25) is 9.69 Å². The molecule has 0 saturated carbocycles. The second-order valence-corrected chi connectivity index (χ2v) is 8.62. The molecule has 0 amide bonds. The van der Waals surface area contributed by atoms with E-state index in [2.05, 4.69) is 56.0 Å². The Morgan fingerprint density at radius 3 is 2.56 bits per heavy atom. The zero-order valence-corrected chi connectivity index (χ0v) is 18.7. The third kappa shape index (κ3) is 3.36. The minimum Gasteiger partial charge on any atom is -0.397 e. The Balaban J connectivity index is 1.54. The van der Waals surface area contributed by atoms with E-state index in [1.54, 1.807) is 0 Å². The summed E-state index contributed by atoms with van der Waals surface area (Å²) < 4.78 is 0. The molecule has 0 unspecified atom stereocenters. The first-order valence-corrected chi connectivity index (χ1v) is 11.1. The number of rotatable bonds is 4. The van der Waals surface area contributed by atoms with Gasteiger partial charge in [0.15, 0.2) is 0 Å². The van der Waals surface area contributed by atoms with Crippen molar-refractivity contribution < 1.29 is 0 Å². The van der Waals surface area contributed by atoms with Crippen molar-refractivity contribution in [3.8, 4) is 11.4 Å². The van der Waals surface area contributed by atoms with Crippen molar-refractivity contribution in [3.63, 3.8) is 0 Å². The number of anilines is 3. The van der Waals surface area contributed by atoms with E-state index in [1.165, 1.54) is 0 Å². The Morgan fingerprint density at radius 2 is 1.84 bits per heavy atom. The van der Waals surface area contributed by atoms with Gasteiger partial charge in [0.25, 0.3) is 5.56 Å². The number of fused-ring (bicyclic) bond motifs is 2. The summed E-state index contributed by atoms with van der Waals surface area (Å²) in [6.07, 6.45) is 0. The molecule has 1 aliphatic heterocycles. The first-order chi connectivity index (χ1) is 15.5. The number of hydrogen-bond acceptors (Lipinski definition) is 6. The molecule has 2 aromatic carbocycles. The number of imidazole rings is 1. The van der Waals surface area contributed by atoms with Gasteiger partial charge in [-0.15, -0.1) is 0 Å². The molecule has 1 saturated heterocycles. The number of nitrogens with zero attached hydrogens (tertiary/aromatic N) is 3. The second-order valence-electron chi connectivity index (χ2n) is 8.62. The molecular formula is C24H29N7O. The SMILES string of the molecule is CNc1cccc2[nH]c(=O)c(-c3nc4ccc(N5CCN(C(C)C)CC5)cc4[nH]3)c(N)c12. The molecule has 8 nitrogen and oxygen atoms in total. The van der Waals surface area contributed by atoms with E-state index in [1.807, 2.05) is 31.3 Å². The summed E-state index contributed by atoms with van der Waals surface area (Å²) in [4.78, 5) is 28.8. The first kappa shape index (κ1) is 20.4. The van der Waals surface area contributed by atoms with E-state index in [-0.39, 0.29) is 5.56 Å². The average molecular weight is 432 g/mol. The predicted octanol–water partition coefficient (Wildman–Crippen LogP) is 3.23. The minimum absolute atomic E-state index is 0.257. The standard InChI is InChI=1S/C24H29N7O/c1-14(2)30-9-11-31(12-10-30)15-7-8-16-19(13-15)28-23(27-16)21-22(25)20-17(26-3)5-4-6-18(20)29-24(21)32/h4-8,13-14,26H,9-12H2,1-3H3,(H,27,28)(H3,25,29,32). The van der Waals surface area contributed by atoms with Crippen LogP contribution >= 0.6 is 0 Å². The maximum Gasteiger partial charge on any atom is 0.261 e. The fourth-order valence-electron chi connectivity index (χ4n) is 4.63. The van der Waals surface area contributed by atoms with Crippen molar-refractivity contribution in [2.45, 2.75) is 19.9 Å². The highest BCUT2D eigenvalue weighted by Crippen LogP contribution is 2.33. The van der Waals surface area contributed by atoms with Crippen LogP contribution < -0.4 is 21.5 Å². The van der Waals surface area contributed by atoms with Gasteiger partial charge in [0.2, 0.25) is 0 Å². The van der Waals surface area contributed by atoms with Gasteiger partial charge < -0.3 is 25.9 Å². The van der Waals surface area contributed by atoms with Crippen molar-refractivity contribution in [3.05, 3.63) is 46.8 Å². The third-order valence-corrected chi connectivity index (χ3v) is 6.46. The lowest BCUT2D eigenvalue weighted by atomic mass is 10.1. The number of nitrogen functional groups attached to an aromatic ring is 1. The largest absolute Gasteiger partial charge is 0.397 e. The molecule has 166 valence electrons. The van der Waals surface area contributed by atoms with Crippen LogP contribution in [0.3, 0.4) is 0 Å². The van der Waals surface area contributed by atoms with Gasteiger partial charge in [-0.2, -0.15) is 0 Å². The Labute approximate surface area is 186 Å². The summed E-state index contributed by atoms with van der Waals surface area (Å²) in [5.41, 5.74) is 11.4. The monoisotopic (exact) mass is 431 g/mol. The van der Waals surface area contributed by atoms with Gasteiger partial charge in [0, 0.05) is 56.0 Å². The summed E-state index contributed by atoms with van der Waals surface area (Å²) in [7, 11) is 1.84. The molecule has 2 aromatic heterocycles. The van der Waals surface area contributed by atoms with Crippen LogP contribution in [0.25, 0.3) is 33.3 Å². The highest BCUT2D eigenvalue weighted by molar-refractivity contribution is 6.05. The summed E-state index contributed by atoms with van der Waals surface area (Å²) in [6.45, 7) is 8.59. The molecule has 5 N–H and O–H groups in total. The molecular weight excluding hydrogens is 402 g/mol. The van der Waals surface area contributed by atoms with Gasteiger partial charge >= 0.3 is 0 Å². The van der Waals surface area contributed by atoms with Crippen LogP contribution in [0.5, 0.6) is 0 Å². The lowest BCUT2D eigenvalue weighted by Gasteiger charge is -2.38. The number of pyridine rings is 1. The average Bonchev–Trinajstić information content (AvgIpc) is 3.21. The lowest BCUT2D eigenvalue weighted by Crippen LogP contribution is -2.48. The molecule has 3 heterocycles. The molecule has 0 atom stereocenters. The van der Waals surface area contributed by atoms with Crippen molar-refractivity contribution in [2.24, 2.45) is 0 Å². The van der Waals surface area contributed by atoms with Gasteiger partial charge in [0.1, 0.15) is 11.4 Å². The number of piperazine rings is 1. The van der Waals surface area contributed by atoms with Crippen molar-refractivity contribution >= 4 is 39.0 Å². The Morgan fingerprint density at radius 1 is 1.06 bits per heavy atom. The summed E-state index contributed by atoms with van der Waals surface area (Å²) in [5.74, 6) is 0.480. The number of nitrogens with two attached hydrogens (primary N) is 1. The van der Waals surface area contributed by atoms with E-state index < -0.39 is 0 Å². The van der Waals surface area contributed by atoms with Crippen molar-refractivity contribution in [2.75, 3.05) is 49.2 Å². The van der Waals surface area contributed by atoms with Crippen LogP contribution in [-0.4, -0.2) is 59.1 Å². The maximum absolute atomic E-state index is 12.9. The number of hydrogen-bond donors (Lipinski definition) is 4. The molecule has 1 fully saturated rings. The van der Waals surface area contributed by atoms with Gasteiger partial charge in [-0.25, -0.2) is 4.98 Å². The number of H-pyrrole nitrogens is 2. The number of aromatic nitrogens is 3. The summed E-state index contributed by atoms with van der Waals surface area (Å²) in [6, 6.07) is 12.5. The molecule has 1 aliphatic rings. The van der Waals surface area contributed by atoms with Crippen molar-refractivity contribution in [1.82, 2.24) is 19.9 Å². The lowest BCUT2D eigenvalue weighted by molar-refractivity contribution is 0.209. The Kier molecular flexibility index (Phi) is 5.01. The summed E-state index contributed by atoms with van der Waals surface area (Å²) >= 11 is 0.